The Morgan fingerprint density at radius 3 is 2.38 bits per heavy atom. The lowest BCUT2D eigenvalue weighted by Crippen LogP contribution is -2.38. The summed E-state index contributed by atoms with van der Waals surface area (Å²) in [5, 5.41) is 0. The lowest BCUT2D eigenvalue weighted by molar-refractivity contribution is -0.134. The maximum atomic E-state index is 11.6. The highest BCUT2D eigenvalue weighted by Crippen LogP contribution is 2.02. The molecule has 2 N–H and O–H groups in total. The smallest absolute Gasteiger partial charge is 0.225 e. The third kappa shape index (κ3) is 4.88. The second-order valence-electron chi connectivity index (χ2n) is 3.62. The molecule has 0 aliphatic carbocycles. The van der Waals surface area contributed by atoms with E-state index in [0.29, 0.717) is 13.1 Å². The van der Waals surface area contributed by atoms with E-state index in [0.717, 1.165) is 19.4 Å². The zero-order valence-corrected chi connectivity index (χ0v) is 9.05. The van der Waals surface area contributed by atoms with Crippen LogP contribution in [0.2, 0.25) is 0 Å². The predicted octanol–water partition coefficient (Wildman–Crippen LogP) is 1.23. The lowest BCUT2D eigenvalue weighted by atomic mass is 10.2. The minimum Gasteiger partial charge on any atom is -0.341 e. The molecule has 13 heavy (non-hydrogen) atoms. The van der Waals surface area contributed by atoms with Gasteiger partial charge in [-0.15, -0.1) is 0 Å². The van der Waals surface area contributed by atoms with Gasteiger partial charge in [0.05, 0.1) is 0 Å². The van der Waals surface area contributed by atoms with E-state index >= 15 is 0 Å². The molecule has 0 aromatic carbocycles. The number of unbranched alkanes of at least 4 members (excludes halogenated alkanes) is 1. The van der Waals surface area contributed by atoms with E-state index in [1.807, 2.05) is 18.7 Å². The molecule has 0 spiro atoms. The Kier molecular flexibility index (Phi) is 6.59. The summed E-state index contributed by atoms with van der Waals surface area (Å²) in [6.07, 6.45) is 2.19. The van der Waals surface area contributed by atoms with E-state index in [9.17, 15) is 4.79 Å². The van der Waals surface area contributed by atoms with Crippen molar-refractivity contribution in [3.8, 4) is 0 Å². The zero-order chi connectivity index (χ0) is 10.3. The van der Waals surface area contributed by atoms with Crippen LogP contribution in [0.25, 0.3) is 0 Å². The van der Waals surface area contributed by atoms with Crippen LogP contribution in [0.4, 0.5) is 0 Å². The van der Waals surface area contributed by atoms with Gasteiger partial charge in [-0.2, -0.15) is 0 Å². The average molecular weight is 186 g/mol. The fourth-order valence-electron chi connectivity index (χ4n) is 1.20. The van der Waals surface area contributed by atoms with Gasteiger partial charge in [-0.25, -0.2) is 0 Å². The van der Waals surface area contributed by atoms with Crippen molar-refractivity contribution in [1.29, 1.82) is 0 Å². The van der Waals surface area contributed by atoms with Crippen LogP contribution in [0.3, 0.4) is 0 Å². The summed E-state index contributed by atoms with van der Waals surface area (Å²) in [6.45, 7) is 8.08. The van der Waals surface area contributed by atoms with Crippen molar-refractivity contribution in [2.45, 2.75) is 33.6 Å². The summed E-state index contributed by atoms with van der Waals surface area (Å²) < 4.78 is 0. The highest BCUT2D eigenvalue weighted by molar-refractivity contribution is 5.78. The quantitative estimate of drug-likeness (QED) is 0.678. The van der Waals surface area contributed by atoms with E-state index < -0.39 is 0 Å². The van der Waals surface area contributed by atoms with Gasteiger partial charge in [0.25, 0.3) is 0 Å². The molecule has 0 rings (SSSR count). The van der Waals surface area contributed by atoms with Crippen molar-refractivity contribution in [3.05, 3.63) is 0 Å². The van der Waals surface area contributed by atoms with Crippen molar-refractivity contribution in [2.75, 3.05) is 19.6 Å². The van der Waals surface area contributed by atoms with Gasteiger partial charge in [0.2, 0.25) is 5.91 Å². The Bertz CT molecular complexity index is 146. The molecular formula is C10H22N2O. The first-order valence-electron chi connectivity index (χ1n) is 5.12. The number of rotatable bonds is 6. The standard InChI is InChI=1S/C10H22N2O/c1-4-5-7-12(8-6-11)10(13)9(2)3/h9H,4-8,11H2,1-3H3. The normalized spacial score (nSPS) is 10.5. The van der Waals surface area contributed by atoms with E-state index in [1.165, 1.54) is 0 Å². The van der Waals surface area contributed by atoms with Crippen LogP contribution in [0.15, 0.2) is 0 Å². The molecule has 1 amide bonds. The number of hydrogen-bond acceptors (Lipinski definition) is 2. The lowest BCUT2D eigenvalue weighted by Gasteiger charge is -2.23. The molecule has 0 fully saturated rings. The number of nitrogens with zero attached hydrogens (tertiary/aromatic N) is 1. The number of hydrogen-bond donors (Lipinski definition) is 1. The van der Waals surface area contributed by atoms with Crippen LogP contribution < -0.4 is 5.73 Å². The Balaban J connectivity index is 3.99. The first-order valence-corrected chi connectivity index (χ1v) is 5.12. The Morgan fingerprint density at radius 2 is 2.00 bits per heavy atom. The van der Waals surface area contributed by atoms with E-state index in [-0.39, 0.29) is 11.8 Å². The summed E-state index contributed by atoms with van der Waals surface area (Å²) in [5.74, 6) is 0.308. The van der Waals surface area contributed by atoms with Crippen molar-refractivity contribution < 1.29 is 4.79 Å². The summed E-state index contributed by atoms with van der Waals surface area (Å²) in [7, 11) is 0. The molecular weight excluding hydrogens is 164 g/mol. The second kappa shape index (κ2) is 6.89. The molecule has 0 radical (unpaired) electrons. The van der Waals surface area contributed by atoms with Crippen molar-refractivity contribution in [3.63, 3.8) is 0 Å². The van der Waals surface area contributed by atoms with Crippen LogP contribution in [-0.2, 0) is 4.79 Å². The first kappa shape index (κ1) is 12.4. The molecule has 0 saturated carbocycles. The second-order valence-corrected chi connectivity index (χ2v) is 3.62. The molecule has 3 nitrogen and oxygen atoms in total. The Morgan fingerprint density at radius 1 is 1.38 bits per heavy atom. The van der Waals surface area contributed by atoms with Crippen LogP contribution in [0, 0.1) is 5.92 Å². The summed E-state index contributed by atoms with van der Waals surface area (Å²) in [4.78, 5) is 13.5. The SMILES string of the molecule is CCCCN(CCN)C(=O)C(C)C. The van der Waals surface area contributed by atoms with Gasteiger partial charge in [-0.1, -0.05) is 27.2 Å². The molecule has 0 aromatic heterocycles. The largest absolute Gasteiger partial charge is 0.341 e. The molecule has 0 saturated heterocycles. The third-order valence-electron chi connectivity index (χ3n) is 1.99. The van der Waals surface area contributed by atoms with Crippen LogP contribution >= 0.6 is 0 Å². The molecule has 0 bridgehead atoms. The maximum absolute atomic E-state index is 11.6. The molecule has 0 heterocycles. The number of carbonyl (C=O) groups excluding carboxylic acids is 1. The predicted molar refractivity (Wildman–Crippen MR) is 55.4 cm³/mol. The highest BCUT2D eigenvalue weighted by atomic mass is 16.2. The van der Waals surface area contributed by atoms with E-state index in [1.54, 1.807) is 0 Å². The fraction of sp³-hybridized carbons (Fsp3) is 0.900. The van der Waals surface area contributed by atoms with Gasteiger partial charge in [0, 0.05) is 25.6 Å². The number of nitrogens with two attached hydrogens (primary N) is 1. The molecule has 3 heteroatoms. The molecule has 0 aliphatic heterocycles. The highest BCUT2D eigenvalue weighted by Gasteiger charge is 2.14. The maximum Gasteiger partial charge on any atom is 0.225 e. The minimum absolute atomic E-state index is 0.0865. The summed E-state index contributed by atoms with van der Waals surface area (Å²) >= 11 is 0. The molecule has 0 aromatic rings. The molecule has 78 valence electrons. The average Bonchev–Trinajstić information content (AvgIpc) is 2.11. The number of carbonyl (C=O) groups is 1. The summed E-state index contributed by atoms with van der Waals surface area (Å²) in [6, 6.07) is 0. The monoisotopic (exact) mass is 186 g/mol. The van der Waals surface area contributed by atoms with Gasteiger partial charge < -0.3 is 10.6 Å². The Hall–Kier alpha value is -0.570. The van der Waals surface area contributed by atoms with Crippen molar-refractivity contribution in [2.24, 2.45) is 11.7 Å². The van der Waals surface area contributed by atoms with Gasteiger partial charge >= 0.3 is 0 Å². The fourth-order valence-corrected chi connectivity index (χ4v) is 1.20. The molecule has 0 atom stereocenters. The zero-order valence-electron chi connectivity index (χ0n) is 9.05. The topological polar surface area (TPSA) is 46.3 Å². The van der Waals surface area contributed by atoms with Crippen molar-refractivity contribution in [1.82, 2.24) is 4.90 Å². The summed E-state index contributed by atoms with van der Waals surface area (Å²) in [5.41, 5.74) is 5.45. The van der Waals surface area contributed by atoms with Gasteiger partial charge in [-0.3, -0.25) is 4.79 Å². The van der Waals surface area contributed by atoms with Gasteiger partial charge in [-0.05, 0) is 6.42 Å². The van der Waals surface area contributed by atoms with Gasteiger partial charge in [0.1, 0.15) is 0 Å². The number of amides is 1. The van der Waals surface area contributed by atoms with Crippen LogP contribution in [0.1, 0.15) is 33.6 Å². The Labute approximate surface area is 81.3 Å². The first-order chi connectivity index (χ1) is 6.13. The molecule has 0 unspecified atom stereocenters. The van der Waals surface area contributed by atoms with Gasteiger partial charge in [0.15, 0.2) is 0 Å². The van der Waals surface area contributed by atoms with E-state index in [4.69, 9.17) is 5.73 Å². The van der Waals surface area contributed by atoms with E-state index in [2.05, 4.69) is 6.92 Å². The minimum atomic E-state index is 0.0865. The molecule has 0 aliphatic rings. The van der Waals surface area contributed by atoms with Crippen molar-refractivity contribution >= 4 is 5.91 Å². The van der Waals surface area contributed by atoms with Crippen LogP contribution in [0.5, 0.6) is 0 Å². The third-order valence-corrected chi connectivity index (χ3v) is 1.99. The van der Waals surface area contributed by atoms with Crippen LogP contribution in [-0.4, -0.2) is 30.4 Å².